The number of carbonyl (C=O) groups is 1. The number of hydrogen-bond acceptors (Lipinski definition) is 5. The smallest absolute Gasteiger partial charge is 0.325 e. The Morgan fingerprint density at radius 2 is 1.68 bits per heavy atom. The van der Waals surface area contributed by atoms with Gasteiger partial charge in [-0.2, -0.15) is 0 Å². The maximum atomic E-state index is 12.8. The molecule has 0 spiro atoms. The molecule has 2 amide bonds. The van der Waals surface area contributed by atoms with Gasteiger partial charge < -0.3 is 14.8 Å². The quantitative estimate of drug-likeness (QED) is 0.374. The Morgan fingerprint density at radius 1 is 0.912 bits per heavy atom. The zero-order chi connectivity index (χ0) is 23.9. The van der Waals surface area contributed by atoms with Crippen molar-refractivity contribution in [2.45, 2.75) is 13.3 Å². The van der Waals surface area contributed by atoms with Crippen molar-refractivity contribution in [2.75, 3.05) is 24.9 Å². The summed E-state index contributed by atoms with van der Waals surface area (Å²) in [5.41, 5.74) is 4.92. The van der Waals surface area contributed by atoms with Gasteiger partial charge in [0, 0.05) is 12.0 Å². The number of hydrogen-bond donors (Lipinski definition) is 2. The monoisotopic (exact) mass is 454 g/mol. The van der Waals surface area contributed by atoms with Crippen LogP contribution in [0.1, 0.15) is 16.8 Å². The minimum atomic E-state index is -0.426. The molecule has 0 aliphatic heterocycles. The lowest BCUT2D eigenvalue weighted by molar-refractivity contribution is 0.262. The Labute approximate surface area is 198 Å². The average Bonchev–Trinajstić information content (AvgIpc) is 2.86. The van der Waals surface area contributed by atoms with E-state index in [0.29, 0.717) is 35.1 Å². The molecular weight excluding hydrogens is 428 g/mol. The molecule has 0 saturated heterocycles. The minimum Gasteiger partial charge on any atom is -0.497 e. The molecule has 0 atom stereocenters. The molecule has 0 radical (unpaired) electrons. The second-order valence-electron chi connectivity index (χ2n) is 7.72. The van der Waals surface area contributed by atoms with E-state index >= 15 is 0 Å². The third kappa shape index (κ3) is 5.50. The van der Waals surface area contributed by atoms with Crippen LogP contribution in [0.4, 0.5) is 16.3 Å². The molecule has 1 heterocycles. The number of amides is 2. The van der Waals surface area contributed by atoms with E-state index < -0.39 is 6.03 Å². The van der Waals surface area contributed by atoms with E-state index in [1.54, 1.807) is 20.4 Å². The highest BCUT2D eigenvalue weighted by molar-refractivity contribution is 6.00. The number of aromatic nitrogens is 2. The van der Waals surface area contributed by atoms with E-state index in [4.69, 9.17) is 14.5 Å². The molecule has 0 bridgehead atoms. The van der Waals surface area contributed by atoms with E-state index in [0.717, 1.165) is 22.4 Å². The fourth-order valence-electron chi connectivity index (χ4n) is 3.53. The first-order valence-corrected chi connectivity index (χ1v) is 10.8. The molecule has 1 aromatic heterocycles. The van der Waals surface area contributed by atoms with Crippen molar-refractivity contribution in [2.24, 2.45) is 0 Å². The molecule has 3 aromatic carbocycles. The summed E-state index contributed by atoms with van der Waals surface area (Å²) in [4.78, 5) is 22.2. The van der Waals surface area contributed by atoms with Gasteiger partial charge in [-0.25, -0.2) is 14.8 Å². The van der Waals surface area contributed by atoms with Gasteiger partial charge >= 0.3 is 6.03 Å². The molecule has 0 saturated carbocycles. The van der Waals surface area contributed by atoms with Gasteiger partial charge in [-0.05, 0) is 54.4 Å². The van der Waals surface area contributed by atoms with Crippen molar-refractivity contribution < 1.29 is 14.3 Å². The van der Waals surface area contributed by atoms with Crippen LogP contribution in [-0.4, -0.2) is 30.2 Å². The number of urea groups is 1. The van der Waals surface area contributed by atoms with E-state index in [9.17, 15) is 4.79 Å². The van der Waals surface area contributed by atoms with Gasteiger partial charge in [0.25, 0.3) is 0 Å². The van der Waals surface area contributed by atoms with Crippen LogP contribution in [0.5, 0.6) is 11.5 Å². The third-order valence-electron chi connectivity index (χ3n) is 5.28. The fraction of sp³-hybridized carbons (Fsp3) is 0.148. The Bertz CT molecular complexity index is 1280. The number of ether oxygens (including phenoxy) is 2. The highest BCUT2D eigenvalue weighted by atomic mass is 16.5. The largest absolute Gasteiger partial charge is 0.497 e. The summed E-state index contributed by atoms with van der Waals surface area (Å²) < 4.78 is 10.6. The van der Waals surface area contributed by atoms with E-state index in [1.807, 2.05) is 79.7 Å². The standard InChI is InChI=1S/C27H26N4O3/c1-18-9-14-25(34-3)22(15-18)30-27(32)31-26-23(16-19-7-5-4-6-8-19)29-24(17-28-26)20-10-12-21(33-2)13-11-20/h4-15,17H,16H2,1-3H3,(H2,28,30,31,32). The van der Waals surface area contributed by atoms with Crippen LogP contribution in [-0.2, 0) is 6.42 Å². The Morgan fingerprint density at radius 3 is 2.38 bits per heavy atom. The van der Waals surface area contributed by atoms with Gasteiger partial charge in [0.1, 0.15) is 11.5 Å². The topological polar surface area (TPSA) is 85.4 Å². The Kier molecular flexibility index (Phi) is 7.03. The summed E-state index contributed by atoms with van der Waals surface area (Å²) in [6.07, 6.45) is 2.17. The molecule has 34 heavy (non-hydrogen) atoms. The Balaban J connectivity index is 1.62. The molecule has 0 unspecified atom stereocenters. The summed E-state index contributed by atoms with van der Waals surface area (Å²) in [7, 11) is 3.19. The van der Waals surface area contributed by atoms with Gasteiger partial charge in [0.2, 0.25) is 0 Å². The molecule has 7 heteroatoms. The predicted octanol–water partition coefficient (Wildman–Crippen LogP) is 5.70. The molecule has 0 aliphatic carbocycles. The summed E-state index contributed by atoms with van der Waals surface area (Å²) in [5.74, 6) is 1.74. The Hall–Kier alpha value is -4.39. The normalized spacial score (nSPS) is 10.4. The molecule has 0 fully saturated rings. The van der Waals surface area contributed by atoms with Crippen LogP contribution >= 0.6 is 0 Å². The number of methoxy groups -OCH3 is 2. The zero-order valence-electron chi connectivity index (χ0n) is 19.3. The SMILES string of the molecule is COc1ccc(-c2cnc(NC(=O)Nc3cc(C)ccc3OC)c(Cc3ccccc3)n2)cc1. The summed E-state index contributed by atoms with van der Waals surface area (Å²) in [6, 6.07) is 22.7. The van der Waals surface area contributed by atoms with Gasteiger partial charge in [-0.1, -0.05) is 36.4 Å². The summed E-state index contributed by atoms with van der Waals surface area (Å²) >= 11 is 0. The molecule has 172 valence electrons. The first-order valence-electron chi connectivity index (χ1n) is 10.8. The molecule has 0 aliphatic rings. The zero-order valence-corrected chi connectivity index (χ0v) is 19.3. The van der Waals surface area contributed by atoms with Crippen molar-refractivity contribution in [3.05, 3.63) is 95.8 Å². The molecular formula is C27H26N4O3. The van der Waals surface area contributed by atoms with Crippen LogP contribution in [0.15, 0.2) is 79.0 Å². The van der Waals surface area contributed by atoms with Crippen LogP contribution in [0.2, 0.25) is 0 Å². The van der Waals surface area contributed by atoms with Gasteiger partial charge in [0.15, 0.2) is 5.82 Å². The number of aryl methyl sites for hydroxylation is 1. The number of nitrogens with one attached hydrogen (secondary N) is 2. The minimum absolute atomic E-state index is 0.394. The molecule has 2 N–H and O–H groups in total. The van der Waals surface area contributed by atoms with Crippen molar-refractivity contribution in [1.29, 1.82) is 0 Å². The summed E-state index contributed by atoms with van der Waals surface area (Å²) in [5, 5.41) is 5.69. The van der Waals surface area contributed by atoms with E-state index in [2.05, 4.69) is 15.6 Å². The predicted molar refractivity (Wildman–Crippen MR) is 134 cm³/mol. The lowest BCUT2D eigenvalue weighted by atomic mass is 10.1. The number of carbonyl (C=O) groups excluding carboxylic acids is 1. The first-order chi connectivity index (χ1) is 16.6. The van der Waals surface area contributed by atoms with Gasteiger partial charge in [-0.3, -0.25) is 5.32 Å². The molecule has 7 nitrogen and oxygen atoms in total. The van der Waals surface area contributed by atoms with Crippen LogP contribution in [0, 0.1) is 6.92 Å². The van der Waals surface area contributed by atoms with Gasteiger partial charge in [0.05, 0.1) is 37.5 Å². The van der Waals surface area contributed by atoms with Crippen LogP contribution < -0.4 is 20.1 Å². The lowest BCUT2D eigenvalue weighted by Gasteiger charge is -2.14. The number of anilines is 2. The lowest BCUT2D eigenvalue weighted by Crippen LogP contribution is -2.22. The van der Waals surface area contributed by atoms with Crippen molar-refractivity contribution in [1.82, 2.24) is 9.97 Å². The summed E-state index contributed by atoms with van der Waals surface area (Å²) in [6.45, 7) is 1.95. The molecule has 4 aromatic rings. The highest BCUT2D eigenvalue weighted by Crippen LogP contribution is 2.26. The maximum Gasteiger partial charge on any atom is 0.325 e. The van der Waals surface area contributed by atoms with Crippen LogP contribution in [0.25, 0.3) is 11.3 Å². The van der Waals surface area contributed by atoms with Crippen molar-refractivity contribution in [3.8, 4) is 22.8 Å². The highest BCUT2D eigenvalue weighted by Gasteiger charge is 2.14. The second kappa shape index (κ2) is 10.5. The fourth-order valence-corrected chi connectivity index (χ4v) is 3.53. The third-order valence-corrected chi connectivity index (χ3v) is 5.28. The second-order valence-corrected chi connectivity index (χ2v) is 7.72. The number of nitrogens with zero attached hydrogens (tertiary/aromatic N) is 2. The average molecular weight is 455 g/mol. The van der Waals surface area contributed by atoms with E-state index in [1.165, 1.54) is 0 Å². The number of rotatable bonds is 7. The molecule has 4 rings (SSSR count). The maximum absolute atomic E-state index is 12.8. The van der Waals surface area contributed by atoms with Crippen molar-refractivity contribution in [3.63, 3.8) is 0 Å². The van der Waals surface area contributed by atoms with Gasteiger partial charge in [-0.15, -0.1) is 0 Å². The number of benzene rings is 3. The van der Waals surface area contributed by atoms with Crippen LogP contribution in [0.3, 0.4) is 0 Å². The van der Waals surface area contributed by atoms with Crippen molar-refractivity contribution >= 4 is 17.5 Å². The van der Waals surface area contributed by atoms with E-state index in [-0.39, 0.29) is 0 Å². The first kappa shape index (κ1) is 22.8.